The van der Waals surface area contributed by atoms with Gasteiger partial charge in [0, 0.05) is 18.3 Å². The molecule has 2 aliphatic rings. The Morgan fingerprint density at radius 1 is 1.09 bits per heavy atom. The lowest BCUT2D eigenvalue weighted by Gasteiger charge is -2.41. The lowest BCUT2D eigenvalue weighted by Crippen LogP contribution is -2.62. The van der Waals surface area contributed by atoms with Gasteiger partial charge in [-0.3, -0.25) is 19.5 Å². The van der Waals surface area contributed by atoms with Crippen LogP contribution in [0, 0.1) is 0 Å². The molecule has 1 N–H and O–H groups in total. The van der Waals surface area contributed by atoms with Gasteiger partial charge < -0.3 is 10.2 Å². The molecule has 3 heterocycles. The molecule has 1 saturated carbocycles. The largest absolute Gasteiger partial charge is 0.416 e. The highest BCUT2D eigenvalue weighted by Gasteiger charge is 2.39. The zero-order valence-electron chi connectivity index (χ0n) is 18.2. The Hall–Kier alpha value is -3.14. The number of hydrogen-bond acceptors (Lipinski definition) is 5. The van der Waals surface area contributed by atoms with Crippen LogP contribution in [0.4, 0.5) is 24.5 Å². The van der Waals surface area contributed by atoms with E-state index in [9.17, 15) is 22.8 Å². The normalized spacial score (nSPS) is 19.7. The molecule has 1 unspecified atom stereocenters. The van der Waals surface area contributed by atoms with Crippen molar-refractivity contribution >= 4 is 44.7 Å². The van der Waals surface area contributed by atoms with Crippen LogP contribution in [0.2, 0.25) is 0 Å². The number of carbonyl (C=O) groups is 2. The van der Waals surface area contributed by atoms with Gasteiger partial charge in [-0.1, -0.05) is 12.8 Å². The third kappa shape index (κ3) is 4.46. The quantitative estimate of drug-likeness (QED) is 0.583. The van der Waals surface area contributed by atoms with E-state index in [0.29, 0.717) is 11.4 Å². The molecule has 178 valence electrons. The number of alkyl halides is 3. The Balaban J connectivity index is 1.45. The van der Waals surface area contributed by atoms with Gasteiger partial charge in [0.15, 0.2) is 0 Å². The van der Waals surface area contributed by atoms with E-state index in [2.05, 4.69) is 10.3 Å². The smallest absolute Gasteiger partial charge is 0.360 e. The molecule has 5 rings (SSSR count). The summed E-state index contributed by atoms with van der Waals surface area (Å²) in [6.45, 7) is 0.110. The van der Waals surface area contributed by atoms with E-state index in [4.69, 9.17) is 0 Å². The molecule has 10 heteroatoms. The molecule has 3 aromatic rings. The van der Waals surface area contributed by atoms with Crippen molar-refractivity contribution in [3.8, 4) is 0 Å². The molecule has 0 bridgehead atoms. The summed E-state index contributed by atoms with van der Waals surface area (Å²) in [6.07, 6.45) is 1.06. The predicted molar refractivity (Wildman–Crippen MR) is 125 cm³/mol. The van der Waals surface area contributed by atoms with E-state index in [0.717, 1.165) is 48.0 Å². The predicted octanol–water partition coefficient (Wildman–Crippen LogP) is 4.60. The molecule has 0 radical (unpaired) electrons. The van der Waals surface area contributed by atoms with Crippen molar-refractivity contribution < 1.29 is 22.8 Å². The molecule has 2 amide bonds. The van der Waals surface area contributed by atoms with Gasteiger partial charge in [-0.2, -0.15) is 13.2 Å². The zero-order valence-corrected chi connectivity index (χ0v) is 19.0. The number of fused-ring (bicyclic) bond motifs is 1. The van der Waals surface area contributed by atoms with Crippen molar-refractivity contribution in [1.29, 1.82) is 0 Å². The highest BCUT2D eigenvalue weighted by atomic mass is 32.1. The number of carbonyl (C=O) groups excluding carboxylic acids is 2. The number of amides is 2. The van der Waals surface area contributed by atoms with Crippen LogP contribution in [0.5, 0.6) is 0 Å². The number of halogens is 3. The van der Waals surface area contributed by atoms with Crippen LogP contribution in [0.15, 0.2) is 48.0 Å². The van der Waals surface area contributed by atoms with Gasteiger partial charge in [-0.15, -0.1) is 11.3 Å². The molecule has 2 fully saturated rings. The van der Waals surface area contributed by atoms with Crippen LogP contribution < -0.4 is 15.1 Å². The highest BCUT2D eigenvalue weighted by molar-refractivity contribution is 7.17. The molecule has 1 saturated heterocycles. The van der Waals surface area contributed by atoms with Gasteiger partial charge >= 0.3 is 6.18 Å². The second kappa shape index (κ2) is 8.90. The molecule has 34 heavy (non-hydrogen) atoms. The van der Waals surface area contributed by atoms with Crippen LogP contribution in [-0.4, -0.2) is 42.0 Å². The molecule has 1 aliphatic carbocycles. The van der Waals surface area contributed by atoms with Crippen LogP contribution in [0.1, 0.15) is 31.2 Å². The van der Waals surface area contributed by atoms with Crippen LogP contribution in [0.3, 0.4) is 0 Å². The standard InChI is InChI=1S/C24H23F3N4O2S/c25-24(26,27)15-5-7-17(8-6-15)30-13-20(23(33)29-16-3-1-2-4-16)31(22(32)14-30)18-11-21-19(28-12-18)9-10-34-21/h5-12,16,20H,1-4,13-14H2,(H,29,33). The van der Waals surface area contributed by atoms with Crippen molar-refractivity contribution in [2.45, 2.75) is 43.9 Å². The third-order valence-electron chi connectivity index (χ3n) is 6.43. The Kier molecular flexibility index (Phi) is 5.93. The number of benzene rings is 1. The van der Waals surface area contributed by atoms with E-state index in [1.54, 1.807) is 11.1 Å². The average Bonchev–Trinajstić information content (AvgIpc) is 3.49. The molecule has 1 atom stereocenters. The van der Waals surface area contributed by atoms with Gasteiger partial charge in [0.05, 0.1) is 34.2 Å². The Morgan fingerprint density at radius 3 is 2.53 bits per heavy atom. The summed E-state index contributed by atoms with van der Waals surface area (Å²) in [5.74, 6) is -0.571. The van der Waals surface area contributed by atoms with Gasteiger partial charge in [-0.05, 0) is 54.6 Å². The summed E-state index contributed by atoms with van der Waals surface area (Å²) in [4.78, 5) is 34.3. The van der Waals surface area contributed by atoms with Crippen LogP contribution >= 0.6 is 11.3 Å². The van der Waals surface area contributed by atoms with Crippen molar-refractivity contribution in [1.82, 2.24) is 10.3 Å². The minimum Gasteiger partial charge on any atom is -0.360 e. The van der Waals surface area contributed by atoms with E-state index in [-0.39, 0.29) is 30.9 Å². The molecule has 0 spiro atoms. The Labute approximate surface area is 198 Å². The summed E-state index contributed by atoms with van der Waals surface area (Å²) < 4.78 is 39.8. The van der Waals surface area contributed by atoms with E-state index >= 15 is 0 Å². The first-order chi connectivity index (χ1) is 16.3. The van der Waals surface area contributed by atoms with Gasteiger partial charge in [0.25, 0.3) is 0 Å². The Bertz CT molecular complexity index is 1200. The second-order valence-corrected chi connectivity index (χ2v) is 9.64. The minimum absolute atomic E-state index is 0.0545. The van der Waals surface area contributed by atoms with E-state index in [1.807, 2.05) is 17.5 Å². The zero-order chi connectivity index (χ0) is 23.9. The number of nitrogens with zero attached hydrogens (tertiary/aromatic N) is 3. The maximum Gasteiger partial charge on any atom is 0.416 e. The highest BCUT2D eigenvalue weighted by Crippen LogP contribution is 2.32. The van der Waals surface area contributed by atoms with Crippen molar-refractivity contribution in [2.75, 3.05) is 22.9 Å². The lowest BCUT2D eigenvalue weighted by atomic mass is 10.1. The fourth-order valence-corrected chi connectivity index (χ4v) is 5.46. The maximum atomic E-state index is 13.4. The van der Waals surface area contributed by atoms with Gasteiger partial charge in [0.2, 0.25) is 11.8 Å². The molecule has 6 nitrogen and oxygen atoms in total. The number of nitrogens with one attached hydrogen (secondary N) is 1. The number of rotatable bonds is 4. The second-order valence-electron chi connectivity index (χ2n) is 8.69. The summed E-state index contributed by atoms with van der Waals surface area (Å²) in [7, 11) is 0. The number of aromatic nitrogens is 1. The molecule has 1 aromatic carbocycles. The molecule has 1 aliphatic heterocycles. The summed E-state index contributed by atoms with van der Waals surface area (Å²) in [6, 6.07) is 7.66. The fraction of sp³-hybridized carbons (Fsp3) is 0.375. The number of hydrogen-bond donors (Lipinski definition) is 1. The lowest BCUT2D eigenvalue weighted by molar-refractivity contribution is -0.137. The van der Waals surface area contributed by atoms with E-state index in [1.165, 1.54) is 28.4 Å². The summed E-state index contributed by atoms with van der Waals surface area (Å²) in [5, 5.41) is 4.99. The third-order valence-corrected chi connectivity index (χ3v) is 7.28. The molecule has 2 aromatic heterocycles. The monoisotopic (exact) mass is 488 g/mol. The van der Waals surface area contributed by atoms with Gasteiger partial charge in [0.1, 0.15) is 6.04 Å². The van der Waals surface area contributed by atoms with E-state index < -0.39 is 17.8 Å². The summed E-state index contributed by atoms with van der Waals surface area (Å²) >= 11 is 1.50. The van der Waals surface area contributed by atoms with Crippen LogP contribution in [-0.2, 0) is 15.8 Å². The van der Waals surface area contributed by atoms with Crippen molar-refractivity contribution in [2.24, 2.45) is 0 Å². The maximum absolute atomic E-state index is 13.4. The SMILES string of the molecule is O=C(NC1CCCC1)C1CN(c2ccc(C(F)(F)F)cc2)CC(=O)N1c1cnc2ccsc2c1. The van der Waals surface area contributed by atoms with Crippen molar-refractivity contribution in [3.63, 3.8) is 0 Å². The first-order valence-corrected chi connectivity index (χ1v) is 12.1. The number of piperazine rings is 1. The first-order valence-electron chi connectivity index (χ1n) is 11.2. The topological polar surface area (TPSA) is 65.5 Å². The molecular formula is C24H23F3N4O2S. The number of thiophene rings is 1. The Morgan fingerprint density at radius 2 is 1.82 bits per heavy atom. The fourth-order valence-electron chi connectivity index (χ4n) is 4.69. The number of pyridine rings is 1. The minimum atomic E-state index is -4.44. The van der Waals surface area contributed by atoms with Crippen LogP contribution in [0.25, 0.3) is 10.2 Å². The first kappa shape index (κ1) is 22.6. The number of anilines is 2. The van der Waals surface area contributed by atoms with Gasteiger partial charge in [-0.25, -0.2) is 0 Å². The summed E-state index contributed by atoms with van der Waals surface area (Å²) in [5.41, 5.74) is 1.06. The average molecular weight is 489 g/mol. The molecular weight excluding hydrogens is 465 g/mol. The van der Waals surface area contributed by atoms with Crippen molar-refractivity contribution in [3.05, 3.63) is 53.5 Å².